The summed E-state index contributed by atoms with van der Waals surface area (Å²) in [5.41, 5.74) is -0.393. The average Bonchev–Trinajstić information content (AvgIpc) is 2.41. The zero-order chi connectivity index (χ0) is 15.8. The van der Waals surface area contributed by atoms with Crippen molar-refractivity contribution in [2.24, 2.45) is 5.92 Å². The molecule has 1 aliphatic rings. The molecule has 0 radical (unpaired) electrons. The summed E-state index contributed by atoms with van der Waals surface area (Å²) in [5, 5.41) is 10.8. The highest BCUT2D eigenvalue weighted by atomic mass is 35.5. The zero-order valence-electron chi connectivity index (χ0n) is 11.8. The maximum atomic E-state index is 12.7. The highest BCUT2D eigenvalue weighted by Gasteiger charge is 2.34. The lowest BCUT2D eigenvalue weighted by molar-refractivity contribution is -0.384. The molecule has 2 atom stereocenters. The van der Waals surface area contributed by atoms with Gasteiger partial charge in [-0.2, -0.15) is 4.31 Å². The van der Waals surface area contributed by atoms with Crippen molar-refractivity contribution >= 4 is 27.3 Å². The van der Waals surface area contributed by atoms with Gasteiger partial charge in [-0.3, -0.25) is 10.1 Å². The summed E-state index contributed by atoms with van der Waals surface area (Å²) < 4.78 is 26.8. The van der Waals surface area contributed by atoms with E-state index in [1.54, 1.807) is 0 Å². The SMILES string of the molecule is CC1CCC(C)N(S(=O)(=O)c2ccc(Cl)c([N+](=O)[O-])c2)C1. The Kier molecular flexibility index (Phi) is 4.55. The van der Waals surface area contributed by atoms with Crippen molar-refractivity contribution in [2.45, 2.75) is 37.6 Å². The molecule has 116 valence electrons. The fraction of sp³-hybridized carbons (Fsp3) is 0.538. The second-order valence-corrected chi connectivity index (χ2v) is 7.77. The fourth-order valence-corrected chi connectivity index (χ4v) is 4.50. The van der Waals surface area contributed by atoms with Crippen LogP contribution in [0.1, 0.15) is 26.7 Å². The van der Waals surface area contributed by atoms with Gasteiger partial charge in [0.15, 0.2) is 0 Å². The topological polar surface area (TPSA) is 80.5 Å². The van der Waals surface area contributed by atoms with Crippen molar-refractivity contribution in [3.8, 4) is 0 Å². The van der Waals surface area contributed by atoms with E-state index in [1.165, 1.54) is 16.4 Å². The third-order valence-corrected chi connectivity index (χ3v) is 6.08. The van der Waals surface area contributed by atoms with E-state index in [2.05, 4.69) is 0 Å². The molecule has 0 bridgehead atoms. The van der Waals surface area contributed by atoms with Crippen LogP contribution in [0.4, 0.5) is 5.69 Å². The molecule has 1 fully saturated rings. The number of hydrogen-bond donors (Lipinski definition) is 0. The molecule has 1 aromatic carbocycles. The normalized spacial score (nSPS) is 24.0. The summed E-state index contributed by atoms with van der Waals surface area (Å²) in [4.78, 5) is 10.1. The lowest BCUT2D eigenvalue weighted by atomic mass is 9.97. The van der Waals surface area contributed by atoms with Crippen LogP contribution in [-0.2, 0) is 10.0 Å². The first-order valence-corrected chi connectivity index (χ1v) is 8.51. The molecule has 1 heterocycles. The van der Waals surface area contributed by atoms with Crippen LogP contribution >= 0.6 is 11.6 Å². The number of piperidine rings is 1. The van der Waals surface area contributed by atoms with Crippen molar-refractivity contribution in [2.75, 3.05) is 6.54 Å². The van der Waals surface area contributed by atoms with Crippen LogP contribution in [0, 0.1) is 16.0 Å². The lowest BCUT2D eigenvalue weighted by Gasteiger charge is -2.35. The molecule has 0 aliphatic carbocycles. The minimum absolute atomic E-state index is 0.0704. The molecule has 0 aromatic heterocycles. The van der Waals surface area contributed by atoms with Gasteiger partial charge in [0.2, 0.25) is 10.0 Å². The van der Waals surface area contributed by atoms with Crippen LogP contribution in [0.25, 0.3) is 0 Å². The van der Waals surface area contributed by atoms with Crippen LogP contribution in [0.15, 0.2) is 23.1 Å². The number of halogens is 1. The number of nitro benzene ring substituents is 1. The van der Waals surface area contributed by atoms with Gasteiger partial charge in [-0.1, -0.05) is 18.5 Å². The van der Waals surface area contributed by atoms with E-state index in [4.69, 9.17) is 11.6 Å². The third kappa shape index (κ3) is 3.20. The standard InChI is InChI=1S/C13H17ClN2O4S/c1-9-3-4-10(2)15(8-9)21(19,20)11-5-6-12(14)13(7-11)16(17)18/h5-7,9-10H,3-4,8H2,1-2H3. The molecule has 2 unspecified atom stereocenters. The molecular formula is C13H17ClN2O4S. The van der Waals surface area contributed by atoms with Crippen LogP contribution in [-0.4, -0.2) is 30.2 Å². The van der Waals surface area contributed by atoms with E-state index in [1.807, 2.05) is 13.8 Å². The summed E-state index contributed by atoms with van der Waals surface area (Å²) in [5.74, 6) is 0.276. The van der Waals surface area contributed by atoms with Gasteiger partial charge in [0, 0.05) is 18.7 Å². The summed E-state index contributed by atoms with van der Waals surface area (Å²) in [7, 11) is -3.75. The first-order chi connectivity index (χ1) is 9.73. The number of nitrogens with zero attached hydrogens (tertiary/aromatic N) is 2. The summed E-state index contributed by atoms with van der Waals surface area (Å²) in [6, 6.07) is 3.49. The Morgan fingerprint density at radius 3 is 2.62 bits per heavy atom. The van der Waals surface area contributed by atoms with E-state index in [9.17, 15) is 18.5 Å². The van der Waals surface area contributed by atoms with Gasteiger partial charge in [-0.05, 0) is 37.8 Å². The second-order valence-electron chi connectivity index (χ2n) is 5.48. The fourth-order valence-electron chi connectivity index (χ4n) is 2.51. The van der Waals surface area contributed by atoms with Gasteiger partial charge < -0.3 is 0 Å². The molecule has 0 saturated carbocycles. The lowest BCUT2D eigenvalue weighted by Crippen LogP contribution is -2.44. The predicted octanol–water partition coefficient (Wildman–Crippen LogP) is 3.06. The van der Waals surface area contributed by atoms with Crippen LogP contribution in [0.5, 0.6) is 0 Å². The van der Waals surface area contributed by atoms with E-state index in [0.717, 1.165) is 18.9 Å². The van der Waals surface area contributed by atoms with E-state index < -0.39 is 20.6 Å². The highest BCUT2D eigenvalue weighted by Crippen LogP contribution is 2.32. The largest absolute Gasteiger partial charge is 0.289 e. The number of sulfonamides is 1. The maximum absolute atomic E-state index is 12.7. The molecule has 0 N–H and O–H groups in total. The first-order valence-electron chi connectivity index (χ1n) is 6.69. The predicted molar refractivity (Wildman–Crippen MR) is 79.9 cm³/mol. The Bertz CT molecular complexity index is 662. The van der Waals surface area contributed by atoms with Gasteiger partial charge in [0.05, 0.1) is 9.82 Å². The second kappa shape index (κ2) is 5.90. The Morgan fingerprint density at radius 2 is 2.00 bits per heavy atom. The summed E-state index contributed by atoms with van der Waals surface area (Å²) in [6.45, 7) is 4.28. The number of nitro groups is 1. The first kappa shape index (κ1) is 16.2. The molecule has 8 heteroatoms. The Morgan fingerprint density at radius 1 is 1.33 bits per heavy atom. The summed E-state index contributed by atoms with van der Waals surface area (Å²) in [6.07, 6.45) is 1.77. The quantitative estimate of drug-likeness (QED) is 0.629. The molecule has 1 saturated heterocycles. The van der Waals surface area contributed by atoms with Gasteiger partial charge in [-0.25, -0.2) is 8.42 Å². The van der Waals surface area contributed by atoms with Crippen molar-refractivity contribution in [3.05, 3.63) is 33.3 Å². The van der Waals surface area contributed by atoms with Gasteiger partial charge in [-0.15, -0.1) is 0 Å². The zero-order valence-corrected chi connectivity index (χ0v) is 13.4. The van der Waals surface area contributed by atoms with Gasteiger partial charge in [0.1, 0.15) is 5.02 Å². The van der Waals surface area contributed by atoms with Crippen molar-refractivity contribution in [3.63, 3.8) is 0 Å². The van der Waals surface area contributed by atoms with Crippen LogP contribution in [0.3, 0.4) is 0 Å². The number of hydrogen-bond acceptors (Lipinski definition) is 4. The van der Waals surface area contributed by atoms with Crippen molar-refractivity contribution in [1.29, 1.82) is 0 Å². The number of rotatable bonds is 3. The highest BCUT2D eigenvalue weighted by molar-refractivity contribution is 7.89. The van der Waals surface area contributed by atoms with Crippen LogP contribution in [0.2, 0.25) is 5.02 Å². The Labute approximate surface area is 128 Å². The molecule has 1 aromatic rings. The average molecular weight is 333 g/mol. The molecule has 0 spiro atoms. The number of benzene rings is 1. The van der Waals surface area contributed by atoms with Crippen molar-refractivity contribution < 1.29 is 13.3 Å². The monoisotopic (exact) mass is 332 g/mol. The van der Waals surface area contributed by atoms with E-state index >= 15 is 0 Å². The van der Waals surface area contributed by atoms with Crippen LogP contribution < -0.4 is 0 Å². The molecule has 21 heavy (non-hydrogen) atoms. The van der Waals surface area contributed by atoms with E-state index in [-0.39, 0.29) is 21.9 Å². The Balaban J connectivity index is 2.44. The molecular weight excluding hydrogens is 316 g/mol. The van der Waals surface area contributed by atoms with Crippen molar-refractivity contribution in [1.82, 2.24) is 4.31 Å². The Hall–Kier alpha value is -1.18. The summed E-state index contributed by atoms with van der Waals surface area (Å²) >= 11 is 5.73. The smallest absolute Gasteiger partial charge is 0.258 e. The molecule has 0 amide bonds. The maximum Gasteiger partial charge on any atom is 0.289 e. The van der Waals surface area contributed by atoms with Gasteiger partial charge in [0.25, 0.3) is 5.69 Å². The minimum Gasteiger partial charge on any atom is -0.258 e. The molecule has 2 rings (SSSR count). The van der Waals surface area contributed by atoms with Gasteiger partial charge >= 0.3 is 0 Å². The third-order valence-electron chi connectivity index (χ3n) is 3.78. The molecule has 6 nitrogen and oxygen atoms in total. The molecule has 1 aliphatic heterocycles. The van der Waals surface area contributed by atoms with E-state index in [0.29, 0.717) is 6.54 Å². The minimum atomic E-state index is -3.75.